The molecule has 1 spiro atoms. The van der Waals surface area contributed by atoms with Gasteiger partial charge in [-0.3, -0.25) is 9.97 Å². The Hall–Kier alpha value is -9.45. The van der Waals surface area contributed by atoms with Crippen molar-refractivity contribution in [3.05, 3.63) is 234 Å². The Bertz CT molecular complexity index is 4120. The minimum atomic E-state index is -0.965. The van der Waals surface area contributed by atoms with E-state index in [0.717, 1.165) is 118 Å². The van der Waals surface area contributed by atoms with E-state index in [0.29, 0.717) is 5.56 Å². The van der Waals surface area contributed by atoms with Crippen LogP contribution in [0.15, 0.2) is 207 Å². The third kappa shape index (κ3) is 4.81. The Labute approximate surface area is 389 Å². The summed E-state index contributed by atoms with van der Waals surface area (Å²) in [6.45, 7) is 0. The summed E-state index contributed by atoms with van der Waals surface area (Å²) in [5.74, 6) is 3.04. The van der Waals surface area contributed by atoms with Gasteiger partial charge in [0.25, 0.3) is 0 Å². The summed E-state index contributed by atoms with van der Waals surface area (Å²) in [4.78, 5) is 13.2. The van der Waals surface area contributed by atoms with E-state index in [1.54, 1.807) is 0 Å². The molecule has 15 rings (SSSR count). The van der Waals surface area contributed by atoms with E-state index in [-0.39, 0.29) is 0 Å². The minimum absolute atomic E-state index is 0.620. The number of aromatic nitrogens is 4. The fourth-order valence-electron chi connectivity index (χ4n) is 11.5. The van der Waals surface area contributed by atoms with Crippen molar-refractivity contribution in [2.45, 2.75) is 5.41 Å². The molecule has 8 nitrogen and oxygen atoms in total. The van der Waals surface area contributed by atoms with E-state index < -0.39 is 5.41 Å². The van der Waals surface area contributed by atoms with E-state index >= 15 is 0 Å². The number of fused-ring (bicyclic) bond motifs is 17. The number of rotatable bonds is 3. The lowest BCUT2D eigenvalue weighted by molar-refractivity contribution is 0.436. The molecule has 0 amide bonds. The number of hydrogen-bond donors (Lipinski definition) is 0. The summed E-state index contributed by atoms with van der Waals surface area (Å²) in [5.41, 5.74) is 14.1. The van der Waals surface area contributed by atoms with Crippen molar-refractivity contribution in [2.75, 3.05) is 4.90 Å². The highest BCUT2D eigenvalue weighted by Gasteiger charge is 2.53. The number of nitriles is 1. The minimum Gasteiger partial charge on any atom is -0.457 e. The second-order valence-electron chi connectivity index (χ2n) is 17.6. The molecule has 3 aliphatic rings. The van der Waals surface area contributed by atoms with Crippen molar-refractivity contribution in [1.82, 2.24) is 19.1 Å². The highest BCUT2D eigenvalue weighted by molar-refractivity contribution is 6.10. The number of pyridine rings is 2. The molecule has 8 aromatic carbocycles. The van der Waals surface area contributed by atoms with Gasteiger partial charge in [0.2, 0.25) is 0 Å². The van der Waals surface area contributed by atoms with E-state index in [1.165, 1.54) is 10.8 Å². The molecule has 6 heterocycles. The van der Waals surface area contributed by atoms with Crippen LogP contribution in [0.3, 0.4) is 0 Å². The standard InChI is InChI=1S/C60H34N6O2/c61-33-36-25-27-51-43(29-36)42-15-3-7-19-50(42)64(51)37-26-28-55-45(30-37)60(44-16-4-10-22-54(44)67-55)46-31-38(65-48-17-5-1-13-40(48)41-14-2-6-18-49(41)65)34-62-58(46)59-47(60)32-39(35-63-59)66-52-20-8-11-23-56(52)68-57-24-12-9-21-53(57)66/h1-32,34-35H. The van der Waals surface area contributed by atoms with Crippen LogP contribution in [0, 0.1) is 11.3 Å². The third-order valence-corrected chi connectivity index (χ3v) is 14.2. The number of anilines is 3. The molecule has 12 aromatic rings. The van der Waals surface area contributed by atoms with Crippen LogP contribution in [0.2, 0.25) is 0 Å². The van der Waals surface area contributed by atoms with Crippen LogP contribution in [-0.4, -0.2) is 19.1 Å². The van der Waals surface area contributed by atoms with E-state index in [9.17, 15) is 5.26 Å². The van der Waals surface area contributed by atoms with E-state index in [4.69, 9.17) is 19.4 Å². The zero-order valence-corrected chi connectivity index (χ0v) is 36.1. The average Bonchev–Trinajstić information content (AvgIpc) is 4.01. The molecule has 0 saturated heterocycles. The van der Waals surface area contributed by atoms with E-state index in [2.05, 4.69) is 160 Å². The molecule has 0 N–H and O–H groups in total. The lowest BCUT2D eigenvalue weighted by Crippen LogP contribution is -2.33. The molecule has 0 fully saturated rings. The van der Waals surface area contributed by atoms with Gasteiger partial charge in [0.1, 0.15) is 11.5 Å². The topological polar surface area (TPSA) is 81.1 Å². The summed E-state index contributed by atoms with van der Waals surface area (Å²) >= 11 is 0. The molecule has 1 aliphatic carbocycles. The Morgan fingerprint density at radius 1 is 0.397 bits per heavy atom. The predicted molar refractivity (Wildman–Crippen MR) is 268 cm³/mol. The van der Waals surface area contributed by atoms with E-state index in [1.807, 2.05) is 67.0 Å². The molecule has 8 heteroatoms. The Kier molecular flexibility index (Phi) is 7.34. The van der Waals surface area contributed by atoms with Gasteiger partial charge >= 0.3 is 0 Å². The molecule has 0 bridgehead atoms. The van der Waals surface area contributed by atoms with Gasteiger partial charge in [0.05, 0.1) is 85.6 Å². The summed E-state index contributed by atoms with van der Waals surface area (Å²) < 4.78 is 18.2. The summed E-state index contributed by atoms with van der Waals surface area (Å²) in [6, 6.07) is 69.9. The Morgan fingerprint density at radius 2 is 0.882 bits per heavy atom. The molecule has 1 unspecified atom stereocenters. The van der Waals surface area contributed by atoms with Crippen molar-refractivity contribution < 1.29 is 9.47 Å². The SMILES string of the molecule is N#Cc1ccc2c(c1)c1ccccc1n2-c1ccc2c(c1)C1(c3ccccc3O2)c2cc(N3c4ccccc4Oc4ccccc43)cnc2-c2ncc(-n3c4ccccc4c4ccccc43)cc21. The van der Waals surface area contributed by atoms with Gasteiger partial charge in [-0.15, -0.1) is 0 Å². The number of para-hydroxylation sites is 8. The van der Waals surface area contributed by atoms with Crippen LogP contribution in [0.4, 0.5) is 17.1 Å². The van der Waals surface area contributed by atoms with Crippen LogP contribution in [0.1, 0.15) is 27.8 Å². The maximum Gasteiger partial charge on any atom is 0.151 e. The van der Waals surface area contributed by atoms with Gasteiger partial charge in [-0.2, -0.15) is 5.26 Å². The molecular formula is C60H34N6O2. The van der Waals surface area contributed by atoms with Crippen molar-refractivity contribution in [3.8, 4) is 51.8 Å². The smallest absolute Gasteiger partial charge is 0.151 e. The molecule has 316 valence electrons. The number of hydrogen-bond acceptors (Lipinski definition) is 6. The molecule has 4 aromatic heterocycles. The van der Waals surface area contributed by atoms with Crippen molar-refractivity contribution in [1.29, 1.82) is 5.26 Å². The van der Waals surface area contributed by atoms with Crippen LogP contribution in [0.5, 0.6) is 23.0 Å². The van der Waals surface area contributed by atoms with Crippen molar-refractivity contribution in [3.63, 3.8) is 0 Å². The fraction of sp³-hybridized carbons (Fsp3) is 0.0167. The average molecular weight is 871 g/mol. The third-order valence-electron chi connectivity index (χ3n) is 14.2. The maximum absolute atomic E-state index is 9.98. The van der Waals surface area contributed by atoms with Gasteiger partial charge in [-0.1, -0.05) is 97.1 Å². The Balaban J connectivity index is 1.06. The molecule has 2 aliphatic heterocycles. The zero-order chi connectivity index (χ0) is 44.7. The Morgan fingerprint density at radius 3 is 1.54 bits per heavy atom. The first-order valence-corrected chi connectivity index (χ1v) is 22.7. The largest absolute Gasteiger partial charge is 0.457 e. The first-order valence-electron chi connectivity index (χ1n) is 22.7. The molecule has 1 atom stereocenters. The van der Waals surface area contributed by atoms with Gasteiger partial charge in [-0.05, 0) is 97.1 Å². The van der Waals surface area contributed by atoms with Crippen LogP contribution >= 0.6 is 0 Å². The van der Waals surface area contributed by atoms with Crippen LogP contribution in [0.25, 0.3) is 66.4 Å². The van der Waals surface area contributed by atoms with Crippen LogP contribution < -0.4 is 14.4 Å². The summed E-state index contributed by atoms with van der Waals surface area (Å²) in [7, 11) is 0. The first kappa shape index (κ1) is 36.8. The highest BCUT2D eigenvalue weighted by atomic mass is 16.5. The second kappa shape index (κ2) is 13.5. The van der Waals surface area contributed by atoms with Gasteiger partial charge in [-0.25, -0.2) is 0 Å². The van der Waals surface area contributed by atoms with Gasteiger partial charge < -0.3 is 23.5 Å². The second-order valence-corrected chi connectivity index (χ2v) is 17.6. The predicted octanol–water partition coefficient (Wildman–Crippen LogP) is 14.6. The lowest BCUT2D eigenvalue weighted by atomic mass is 9.66. The number of nitrogens with zero attached hydrogens (tertiary/aromatic N) is 6. The molecule has 0 radical (unpaired) electrons. The molecule has 0 saturated carbocycles. The molecule has 68 heavy (non-hydrogen) atoms. The summed E-state index contributed by atoms with van der Waals surface area (Å²) in [6.07, 6.45) is 3.97. The normalized spacial score (nSPS) is 15.0. The number of benzene rings is 8. The van der Waals surface area contributed by atoms with Crippen LogP contribution in [-0.2, 0) is 5.41 Å². The lowest BCUT2D eigenvalue weighted by Gasteiger charge is -2.40. The maximum atomic E-state index is 9.98. The first-order chi connectivity index (χ1) is 33.7. The van der Waals surface area contributed by atoms with Crippen molar-refractivity contribution >= 4 is 60.7 Å². The molecular weight excluding hydrogens is 837 g/mol. The monoisotopic (exact) mass is 870 g/mol. The van der Waals surface area contributed by atoms with Crippen molar-refractivity contribution in [2.24, 2.45) is 0 Å². The number of ether oxygens (including phenoxy) is 2. The highest BCUT2D eigenvalue weighted by Crippen LogP contribution is 2.63. The zero-order valence-electron chi connectivity index (χ0n) is 36.1. The quantitative estimate of drug-likeness (QED) is 0.176. The van der Waals surface area contributed by atoms with Gasteiger partial charge in [0, 0.05) is 49.5 Å². The summed E-state index contributed by atoms with van der Waals surface area (Å²) in [5, 5.41) is 14.4. The van der Waals surface area contributed by atoms with Gasteiger partial charge in [0.15, 0.2) is 11.5 Å². The fourth-order valence-corrected chi connectivity index (χ4v) is 11.5.